The van der Waals surface area contributed by atoms with Gasteiger partial charge in [-0.15, -0.1) is 0 Å². The molecule has 0 bridgehead atoms. The largest absolute Gasteiger partial charge is 0.394 e. The van der Waals surface area contributed by atoms with Crippen molar-refractivity contribution in [1.82, 2.24) is 0 Å². The van der Waals surface area contributed by atoms with E-state index in [-0.39, 0.29) is 6.61 Å². The van der Waals surface area contributed by atoms with E-state index in [1.807, 2.05) is 0 Å². The fourth-order valence-corrected chi connectivity index (χ4v) is 2.11. The summed E-state index contributed by atoms with van der Waals surface area (Å²) in [5.41, 5.74) is 0. The third kappa shape index (κ3) is 12.3. The summed E-state index contributed by atoms with van der Waals surface area (Å²) in [5.74, 6) is 0.713. The van der Waals surface area contributed by atoms with Gasteiger partial charge in [0.05, 0.1) is 26.4 Å². The Kier molecular flexibility index (Phi) is 14.8. The second-order valence-electron chi connectivity index (χ2n) is 4.91. The van der Waals surface area contributed by atoms with Gasteiger partial charge in [-0.25, -0.2) is 0 Å². The lowest BCUT2D eigenvalue weighted by atomic mass is 9.97. The topological polar surface area (TPSA) is 38.7 Å². The van der Waals surface area contributed by atoms with Gasteiger partial charge in [0, 0.05) is 6.61 Å². The predicted octanol–water partition coefficient (Wildman–Crippen LogP) is 3.40. The maximum atomic E-state index is 8.56. The average Bonchev–Trinajstić information content (AvgIpc) is 2.38. The molecule has 0 radical (unpaired) electrons. The fraction of sp³-hybridized carbons (Fsp3) is 1.00. The van der Waals surface area contributed by atoms with Crippen LogP contribution in [0.1, 0.15) is 58.8 Å². The molecule has 1 N–H and O–H groups in total. The highest BCUT2D eigenvalue weighted by Crippen LogP contribution is 2.16. The molecule has 0 fully saturated rings. The Labute approximate surface area is 113 Å². The first-order valence-electron chi connectivity index (χ1n) is 7.61. The van der Waals surface area contributed by atoms with E-state index in [4.69, 9.17) is 14.6 Å². The third-order valence-corrected chi connectivity index (χ3v) is 3.12. The molecule has 3 heteroatoms. The van der Waals surface area contributed by atoms with Crippen molar-refractivity contribution < 1.29 is 14.6 Å². The lowest BCUT2D eigenvalue weighted by molar-refractivity contribution is 0.0197. The zero-order valence-electron chi connectivity index (χ0n) is 12.3. The maximum Gasteiger partial charge on any atom is 0.0701 e. The predicted molar refractivity (Wildman–Crippen MR) is 75.9 cm³/mol. The first-order chi connectivity index (χ1) is 8.85. The standard InChI is InChI=1S/C15H32O3/c1-3-5-6-7-9-15(8-4-2)14-18-13-12-17-11-10-16/h15-16H,3-14H2,1-2H3. The number of hydrogen-bond acceptors (Lipinski definition) is 3. The van der Waals surface area contributed by atoms with E-state index in [1.54, 1.807) is 0 Å². The van der Waals surface area contributed by atoms with Gasteiger partial charge in [-0.2, -0.15) is 0 Å². The minimum atomic E-state index is 0.0931. The molecular formula is C15H32O3. The van der Waals surface area contributed by atoms with E-state index in [0.29, 0.717) is 25.7 Å². The number of rotatable bonds is 14. The molecule has 0 aliphatic carbocycles. The van der Waals surface area contributed by atoms with Crippen LogP contribution in [0.25, 0.3) is 0 Å². The Morgan fingerprint density at radius 3 is 2.28 bits per heavy atom. The van der Waals surface area contributed by atoms with Crippen LogP contribution in [0.4, 0.5) is 0 Å². The molecule has 0 aliphatic heterocycles. The van der Waals surface area contributed by atoms with Gasteiger partial charge in [-0.3, -0.25) is 0 Å². The summed E-state index contributed by atoms with van der Waals surface area (Å²) >= 11 is 0. The smallest absolute Gasteiger partial charge is 0.0701 e. The first kappa shape index (κ1) is 17.9. The Balaban J connectivity index is 3.44. The van der Waals surface area contributed by atoms with Crippen LogP contribution < -0.4 is 0 Å². The molecule has 0 spiro atoms. The molecule has 0 rings (SSSR count). The van der Waals surface area contributed by atoms with Crippen LogP contribution in [0.3, 0.4) is 0 Å². The van der Waals surface area contributed by atoms with Gasteiger partial charge in [0.2, 0.25) is 0 Å². The van der Waals surface area contributed by atoms with E-state index >= 15 is 0 Å². The van der Waals surface area contributed by atoms with Crippen molar-refractivity contribution in [3.05, 3.63) is 0 Å². The molecule has 0 aromatic heterocycles. The summed E-state index contributed by atoms with van der Waals surface area (Å²) in [6, 6.07) is 0. The monoisotopic (exact) mass is 260 g/mol. The molecule has 3 nitrogen and oxygen atoms in total. The molecule has 0 aliphatic rings. The second-order valence-corrected chi connectivity index (χ2v) is 4.91. The summed E-state index contributed by atoms with van der Waals surface area (Å²) in [7, 11) is 0. The van der Waals surface area contributed by atoms with Gasteiger partial charge >= 0.3 is 0 Å². The van der Waals surface area contributed by atoms with Crippen molar-refractivity contribution in [3.63, 3.8) is 0 Å². The lowest BCUT2D eigenvalue weighted by Crippen LogP contribution is -2.13. The summed E-state index contributed by atoms with van der Waals surface area (Å²) < 4.78 is 10.8. The van der Waals surface area contributed by atoms with Gasteiger partial charge < -0.3 is 14.6 Å². The highest BCUT2D eigenvalue weighted by atomic mass is 16.5. The molecule has 0 amide bonds. The Bertz CT molecular complexity index is 151. The number of hydrogen-bond donors (Lipinski definition) is 1. The second kappa shape index (κ2) is 14.9. The molecule has 1 unspecified atom stereocenters. The lowest BCUT2D eigenvalue weighted by Gasteiger charge is -2.16. The minimum absolute atomic E-state index is 0.0931. The Morgan fingerprint density at radius 1 is 0.833 bits per heavy atom. The zero-order chi connectivity index (χ0) is 13.5. The van der Waals surface area contributed by atoms with Crippen molar-refractivity contribution in [1.29, 1.82) is 0 Å². The molecule has 0 aromatic carbocycles. The van der Waals surface area contributed by atoms with E-state index in [0.717, 1.165) is 6.61 Å². The van der Waals surface area contributed by atoms with E-state index in [1.165, 1.54) is 44.9 Å². The van der Waals surface area contributed by atoms with Crippen LogP contribution in [0.2, 0.25) is 0 Å². The van der Waals surface area contributed by atoms with E-state index in [9.17, 15) is 0 Å². The molecule has 110 valence electrons. The van der Waals surface area contributed by atoms with Gasteiger partial charge in [0.1, 0.15) is 0 Å². The highest BCUT2D eigenvalue weighted by molar-refractivity contribution is 4.58. The molecule has 0 saturated carbocycles. The number of unbranched alkanes of at least 4 members (excludes halogenated alkanes) is 3. The summed E-state index contributed by atoms with van der Waals surface area (Å²) in [6.07, 6.45) is 9.16. The molecule has 18 heavy (non-hydrogen) atoms. The Morgan fingerprint density at radius 2 is 1.61 bits per heavy atom. The van der Waals surface area contributed by atoms with Crippen LogP contribution in [0.5, 0.6) is 0 Å². The highest BCUT2D eigenvalue weighted by Gasteiger charge is 2.07. The number of aliphatic hydroxyl groups excluding tert-OH is 1. The summed E-state index contributed by atoms with van der Waals surface area (Å²) in [5, 5.41) is 8.56. The number of aliphatic hydroxyl groups is 1. The molecule has 0 aromatic rings. The molecule has 0 saturated heterocycles. The van der Waals surface area contributed by atoms with Crippen LogP contribution >= 0.6 is 0 Å². The minimum Gasteiger partial charge on any atom is -0.394 e. The third-order valence-electron chi connectivity index (χ3n) is 3.12. The van der Waals surface area contributed by atoms with Crippen molar-refractivity contribution >= 4 is 0 Å². The summed E-state index contributed by atoms with van der Waals surface area (Å²) in [4.78, 5) is 0. The SMILES string of the molecule is CCCCCCC(CCC)COCCOCCO. The van der Waals surface area contributed by atoms with Crippen LogP contribution in [0, 0.1) is 5.92 Å². The first-order valence-corrected chi connectivity index (χ1v) is 7.61. The molecule has 1 atom stereocenters. The van der Waals surface area contributed by atoms with Gasteiger partial charge in [-0.1, -0.05) is 46.0 Å². The van der Waals surface area contributed by atoms with Crippen molar-refractivity contribution in [2.45, 2.75) is 58.8 Å². The molecular weight excluding hydrogens is 228 g/mol. The maximum absolute atomic E-state index is 8.56. The van der Waals surface area contributed by atoms with Crippen molar-refractivity contribution in [3.8, 4) is 0 Å². The Hall–Kier alpha value is -0.120. The van der Waals surface area contributed by atoms with Crippen LogP contribution in [0.15, 0.2) is 0 Å². The van der Waals surface area contributed by atoms with E-state index in [2.05, 4.69) is 13.8 Å². The normalized spacial score (nSPS) is 12.8. The average molecular weight is 260 g/mol. The molecule has 0 heterocycles. The van der Waals surface area contributed by atoms with Gasteiger partial charge in [0.15, 0.2) is 0 Å². The van der Waals surface area contributed by atoms with Crippen LogP contribution in [-0.2, 0) is 9.47 Å². The number of ether oxygens (including phenoxy) is 2. The van der Waals surface area contributed by atoms with Crippen LogP contribution in [-0.4, -0.2) is 38.1 Å². The van der Waals surface area contributed by atoms with Crippen molar-refractivity contribution in [2.75, 3.05) is 33.0 Å². The van der Waals surface area contributed by atoms with Crippen molar-refractivity contribution in [2.24, 2.45) is 5.92 Å². The zero-order valence-corrected chi connectivity index (χ0v) is 12.3. The van der Waals surface area contributed by atoms with Gasteiger partial charge in [-0.05, 0) is 18.8 Å². The van der Waals surface area contributed by atoms with E-state index < -0.39 is 0 Å². The summed E-state index contributed by atoms with van der Waals surface area (Å²) in [6.45, 7) is 7.10. The quantitative estimate of drug-likeness (QED) is 0.486. The van der Waals surface area contributed by atoms with Gasteiger partial charge in [0.25, 0.3) is 0 Å². The fourth-order valence-electron chi connectivity index (χ4n) is 2.11.